The number of nitrogens with one attached hydrogen (secondary N) is 2. The van der Waals surface area contributed by atoms with Gasteiger partial charge in [0.2, 0.25) is 0 Å². The molecule has 0 radical (unpaired) electrons. The van der Waals surface area contributed by atoms with Gasteiger partial charge in [-0.1, -0.05) is 0 Å². The number of hydrogen-bond donors (Lipinski definition) is 3. The molecule has 172 valence electrons. The predicted molar refractivity (Wildman–Crippen MR) is 107 cm³/mol. The van der Waals surface area contributed by atoms with Crippen molar-refractivity contribution in [2.75, 3.05) is 18.0 Å². The molecular weight excluding hydrogens is 411 g/mol. The zero-order valence-electron chi connectivity index (χ0n) is 17.7. The van der Waals surface area contributed by atoms with Crippen molar-refractivity contribution in [2.45, 2.75) is 87.4 Å². The minimum Gasteiger partial charge on any atom is -0.380 e. The Morgan fingerprint density at radius 1 is 1.13 bits per heavy atom. The van der Waals surface area contributed by atoms with Crippen molar-refractivity contribution < 1.29 is 23.0 Å². The molecular formula is C21H30F3N5O2. The lowest BCUT2D eigenvalue weighted by molar-refractivity contribution is -0.266. The van der Waals surface area contributed by atoms with E-state index < -0.39 is 11.8 Å². The van der Waals surface area contributed by atoms with Crippen LogP contribution in [-0.2, 0) is 4.74 Å². The van der Waals surface area contributed by atoms with E-state index in [1.807, 2.05) is 6.07 Å². The molecule has 2 saturated heterocycles. The molecule has 0 amide bonds. The zero-order valence-corrected chi connectivity index (χ0v) is 17.7. The number of nitrogens with zero attached hydrogens (tertiary/aromatic N) is 3. The molecule has 31 heavy (non-hydrogen) atoms. The standard InChI is InChI=1S/C21H30F3N5O2/c1-19(4-5-19)31-13-2-3-15-14(10-13)18(28-27-15)16-11-17(26-12-25-16)29-8-6-20(30,7-9-29)21(22,23)24/h11-15,18,27-28,30H,2-10H2,1H3. The number of ether oxygens (including phenoxy) is 1. The quantitative estimate of drug-likeness (QED) is 0.663. The Balaban J connectivity index is 1.27. The van der Waals surface area contributed by atoms with Crippen molar-refractivity contribution in [1.29, 1.82) is 0 Å². The number of anilines is 1. The van der Waals surface area contributed by atoms with Crippen LogP contribution in [0.15, 0.2) is 12.4 Å². The number of alkyl halides is 3. The molecule has 4 atom stereocenters. The summed E-state index contributed by atoms with van der Waals surface area (Å²) < 4.78 is 45.6. The first-order valence-corrected chi connectivity index (χ1v) is 11.2. The van der Waals surface area contributed by atoms with Gasteiger partial charge in [-0.25, -0.2) is 15.4 Å². The first-order valence-electron chi connectivity index (χ1n) is 11.2. The van der Waals surface area contributed by atoms with Gasteiger partial charge in [0.05, 0.1) is 23.4 Å². The summed E-state index contributed by atoms with van der Waals surface area (Å²) in [6, 6.07) is 2.22. The lowest BCUT2D eigenvalue weighted by Crippen LogP contribution is -2.53. The minimum atomic E-state index is -4.61. The number of rotatable bonds is 4. The van der Waals surface area contributed by atoms with Gasteiger partial charge in [0.15, 0.2) is 5.60 Å². The number of hydrogen-bond acceptors (Lipinski definition) is 7. The first-order chi connectivity index (χ1) is 14.7. The van der Waals surface area contributed by atoms with Crippen molar-refractivity contribution in [2.24, 2.45) is 5.92 Å². The highest BCUT2D eigenvalue weighted by Gasteiger charge is 2.54. The molecule has 4 aliphatic rings. The fraction of sp³-hybridized carbons (Fsp3) is 0.810. The van der Waals surface area contributed by atoms with Gasteiger partial charge in [-0.15, -0.1) is 0 Å². The van der Waals surface area contributed by atoms with E-state index in [0.29, 0.717) is 17.8 Å². The fourth-order valence-corrected chi connectivity index (χ4v) is 5.21. The molecule has 2 saturated carbocycles. The second kappa shape index (κ2) is 7.54. The van der Waals surface area contributed by atoms with Crippen molar-refractivity contribution in [1.82, 2.24) is 20.8 Å². The minimum absolute atomic E-state index is 0.00190. The molecule has 3 N–H and O–H groups in total. The Bertz CT molecular complexity index is 810. The summed E-state index contributed by atoms with van der Waals surface area (Å²) in [4.78, 5) is 10.6. The third-order valence-electron chi connectivity index (χ3n) is 7.54. The number of hydrazine groups is 1. The van der Waals surface area contributed by atoms with Crippen molar-refractivity contribution in [3.63, 3.8) is 0 Å². The Morgan fingerprint density at radius 3 is 2.55 bits per heavy atom. The van der Waals surface area contributed by atoms with Crippen LogP contribution in [0.5, 0.6) is 0 Å². The van der Waals surface area contributed by atoms with Crippen LogP contribution in [-0.4, -0.2) is 57.7 Å². The molecule has 2 aliphatic heterocycles. The maximum Gasteiger partial charge on any atom is 0.417 e. The molecule has 7 nitrogen and oxygen atoms in total. The Labute approximate surface area is 179 Å². The second-order valence-corrected chi connectivity index (χ2v) is 9.86. The van der Waals surface area contributed by atoms with Gasteiger partial charge in [0.25, 0.3) is 0 Å². The highest BCUT2D eigenvalue weighted by molar-refractivity contribution is 5.41. The van der Waals surface area contributed by atoms with Crippen LogP contribution >= 0.6 is 0 Å². The lowest BCUT2D eigenvalue weighted by atomic mass is 9.79. The van der Waals surface area contributed by atoms with Crippen LogP contribution in [0.3, 0.4) is 0 Å². The second-order valence-electron chi connectivity index (χ2n) is 9.86. The van der Waals surface area contributed by atoms with Crippen LogP contribution in [0, 0.1) is 5.92 Å². The molecule has 3 heterocycles. The summed E-state index contributed by atoms with van der Waals surface area (Å²) in [5.41, 5.74) is 5.05. The maximum atomic E-state index is 13.1. The summed E-state index contributed by atoms with van der Waals surface area (Å²) >= 11 is 0. The van der Waals surface area contributed by atoms with Gasteiger partial charge in [0.1, 0.15) is 12.1 Å². The van der Waals surface area contributed by atoms with Crippen LogP contribution in [0.25, 0.3) is 0 Å². The van der Waals surface area contributed by atoms with Gasteiger partial charge >= 0.3 is 6.18 Å². The van der Waals surface area contributed by atoms with Gasteiger partial charge < -0.3 is 14.7 Å². The summed E-state index contributed by atoms with van der Waals surface area (Å²) in [6.45, 7) is 2.38. The largest absolute Gasteiger partial charge is 0.417 e. The Kier molecular flexibility index (Phi) is 5.19. The summed E-state index contributed by atoms with van der Waals surface area (Å²) in [5.74, 6) is 0.939. The fourth-order valence-electron chi connectivity index (χ4n) is 5.21. The molecule has 4 fully saturated rings. The number of piperidine rings is 1. The van der Waals surface area contributed by atoms with E-state index in [-0.39, 0.29) is 43.7 Å². The average molecular weight is 441 g/mol. The molecule has 5 rings (SSSR count). The molecule has 0 spiro atoms. The van der Waals surface area contributed by atoms with E-state index in [1.165, 1.54) is 6.33 Å². The number of halogens is 3. The van der Waals surface area contributed by atoms with E-state index in [9.17, 15) is 18.3 Å². The Morgan fingerprint density at radius 2 is 1.87 bits per heavy atom. The molecule has 4 unspecified atom stereocenters. The molecule has 1 aromatic heterocycles. The predicted octanol–water partition coefficient (Wildman–Crippen LogP) is 2.63. The lowest BCUT2D eigenvalue weighted by Gasteiger charge is -2.39. The third kappa shape index (κ3) is 4.15. The maximum absolute atomic E-state index is 13.1. The molecule has 1 aromatic rings. The molecule has 10 heteroatoms. The molecule has 0 bridgehead atoms. The van der Waals surface area contributed by atoms with E-state index >= 15 is 0 Å². The third-order valence-corrected chi connectivity index (χ3v) is 7.54. The van der Waals surface area contributed by atoms with Crippen molar-refractivity contribution >= 4 is 5.82 Å². The SMILES string of the molecule is CC1(OC2CCC3NNC(c4cc(N5CCC(O)(C(F)(F)F)CC5)ncn4)C3C2)CC1. The van der Waals surface area contributed by atoms with Gasteiger partial charge in [-0.2, -0.15) is 13.2 Å². The topological polar surface area (TPSA) is 82.5 Å². The molecule has 2 aliphatic carbocycles. The summed E-state index contributed by atoms with van der Waals surface area (Å²) in [7, 11) is 0. The first kappa shape index (κ1) is 21.4. The van der Waals surface area contributed by atoms with E-state index in [4.69, 9.17) is 4.74 Å². The zero-order chi connectivity index (χ0) is 21.9. The smallest absolute Gasteiger partial charge is 0.380 e. The van der Waals surface area contributed by atoms with Crippen LogP contribution in [0.4, 0.5) is 19.0 Å². The number of aliphatic hydroxyl groups is 1. The number of aromatic nitrogens is 2. The van der Waals surface area contributed by atoms with Gasteiger partial charge in [-0.05, 0) is 39.0 Å². The van der Waals surface area contributed by atoms with Crippen LogP contribution in [0.1, 0.15) is 63.6 Å². The molecule has 0 aromatic carbocycles. The highest BCUT2D eigenvalue weighted by atomic mass is 19.4. The van der Waals surface area contributed by atoms with E-state index in [2.05, 4.69) is 27.7 Å². The summed E-state index contributed by atoms with van der Waals surface area (Å²) in [5, 5.41) is 9.92. The number of fused-ring (bicyclic) bond motifs is 1. The van der Waals surface area contributed by atoms with Crippen LogP contribution < -0.4 is 15.8 Å². The average Bonchev–Trinajstić information content (AvgIpc) is 3.30. The van der Waals surface area contributed by atoms with E-state index in [1.54, 1.807) is 4.90 Å². The monoisotopic (exact) mass is 441 g/mol. The van der Waals surface area contributed by atoms with Crippen molar-refractivity contribution in [3.05, 3.63) is 18.1 Å². The summed E-state index contributed by atoms with van der Waals surface area (Å²) in [6.07, 6.45) is 1.70. The van der Waals surface area contributed by atoms with Gasteiger partial charge in [0, 0.05) is 44.0 Å². The van der Waals surface area contributed by atoms with Crippen molar-refractivity contribution in [3.8, 4) is 0 Å². The highest BCUT2D eigenvalue weighted by Crippen LogP contribution is 2.45. The van der Waals surface area contributed by atoms with Gasteiger partial charge in [-0.3, -0.25) is 5.43 Å². The van der Waals surface area contributed by atoms with Crippen LogP contribution in [0.2, 0.25) is 0 Å². The normalized spacial score (nSPS) is 34.4. The Hall–Kier alpha value is -1.49. The van der Waals surface area contributed by atoms with E-state index in [0.717, 1.165) is 37.8 Å².